The van der Waals surface area contributed by atoms with Crippen LogP contribution in [0.3, 0.4) is 0 Å². The second kappa shape index (κ2) is 7.51. The van der Waals surface area contributed by atoms with Gasteiger partial charge in [0, 0.05) is 18.7 Å². The Bertz CT molecular complexity index is 934. The van der Waals surface area contributed by atoms with Crippen LogP contribution in [0, 0.1) is 19.7 Å². The molecule has 0 bridgehead atoms. The minimum atomic E-state index is -0.354. The van der Waals surface area contributed by atoms with Crippen LogP contribution in [-0.2, 0) is 0 Å². The minimum Gasteiger partial charge on any atom is -0.308 e. The van der Waals surface area contributed by atoms with E-state index in [1.54, 1.807) is 4.90 Å². The summed E-state index contributed by atoms with van der Waals surface area (Å²) in [5.41, 5.74) is 3.67. The van der Waals surface area contributed by atoms with Crippen molar-refractivity contribution in [2.75, 3.05) is 32.1 Å². The van der Waals surface area contributed by atoms with Gasteiger partial charge in [-0.05, 0) is 69.4 Å². The molecule has 4 nitrogen and oxygen atoms in total. The molecule has 0 aliphatic carbocycles. The highest BCUT2D eigenvalue weighted by Crippen LogP contribution is 2.32. The number of carbonyl (C=O) groups excluding carboxylic acids is 1. The Morgan fingerprint density at radius 3 is 2.46 bits per heavy atom. The van der Waals surface area contributed by atoms with Crippen molar-refractivity contribution >= 4 is 32.6 Å². The molecule has 0 radical (unpaired) electrons. The van der Waals surface area contributed by atoms with Crippen molar-refractivity contribution in [1.29, 1.82) is 0 Å². The first-order valence-electron chi connectivity index (χ1n) is 8.45. The molecule has 3 rings (SSSR count). The Morgan fingerprint density at radius 2 is 1.81 bits per heavy atom. The summed E-state index contributed by atoms with van der Waals surface area (Å²) in [6.07, 6.45) is 0. The van der Waals surface area contributed by atoms with E-state index in [-0.39, 0.29) is 11.7 Å². The highest BCUT2D eigenvalue weighted by Gasteiger charge is 2.22. The van der Waals surface area contributed by atoms with E-state index in [4.69, 9.17) is 4.98 Å². The van der Waals surface area contributed by atoms with Gasteiger partial charge < -0.3 is 4.90 Å². The van der Waals surface area contributed by atoms with Gasteiger partial charge in [0.1, 0.15) is 5.82 Å². The molecule has 0 spiro atoms. The first-order valence-corrected chi connectivity index (χ1v) is 9.27. The number of rotatable bonds is 5. The number of halogens is 1. The van der Waals surface area contributed by atoms with Crippen molar-refractivity contribution in [3.63, 3.8) is 0 Å². The van der Waals surface area contributed by atoms with Crippen LogP contribution in [0.25, 0.3) is 10.2 Å². The summed E-state index contributed by atoms with van der Waals surface area (Å²) in [5.74, 6) is -0.521. The molecule has 0 saturated heterocycles. The van der Waals surface area contributed by atoms with Gasteiger partial charge in [-0.2, -0.15) is 0 Å². The van der Waals surface area contributed by atoms with E-state index in [0.29, 0.717) is 23.8 Å². The number of anilines is 1. The molecule has 1 amide bonds. The fraction of sp³-hybridized carbons (Fsp3) is 0.300. The van der Waals surface area contributed by atoms with Crippen LogP contribution in [0.4, 0.5) is 9.52 Å². The largest absolute Gasteiger partial charge is 0.308 e. The quantitative estimate of drug-likeness (QED) is 0.672. The minimum absolute atomic E-state index is 0.166. The van der Waals surface area contributed by atoms with Crippen LogP contribution in [-0.4, -0.2) is 43.0 Å². The third kappa shape index (κ3) is 3.92. The lowest BCUT2D eigenvalue weighted by atomic mass is 10.1. The fourth-order valence-corrected chi connectivity index (χ4v) is 3.85. The van der Waals surface area contributed by atoms with Crippen molar-refractivity contribution in [2.24, 2.45) is 0 Å². The average molecular weight is 371 g/mol. The molecular weight excluding hydrogens is 349 g/mol. The lowest BCUT2D eigenvalue weighted by molar-refractivity contribution is 0.0985. The number of fused-ring (bicyclic) bond motifs is 1. The van der Waals surface area contributed by atoms with Crippen molar-refractivity contribution in [1.82, 2.24) is 9.88 Å². The number of hydrogen-bond donors (Lipinski definition) is 0. The maximum Gasteiger partial charge on any atom is 0.260 e. The maximum atomic E-state index is 13.2. The number of thiazole rings is 1. The number of hydrogen-bond acceptors (Lipinski definition) is 4. The van der Waals surface area contributed by atoms with E-state index in [2.05, 4.69) is 13.0 Å². The number of likely N-dealkylation sites (N-methyl/N-ethyl adjacent to an activating group) is 1. The molecule has 0 N–H and O–H groups in total. The Kier molecular flexibility index (Phi) is 5.34. The molecule has 0 aliphatic rings. The Balaban J connectivity index is 2.01. The third-order valence-corrected chi connectivity index (χ3v) is 5.38. The Hall–Kier alpha value is -2.31. The third-order valence-electron chi connectivity index (χ3n) is 4.15. The lowest BCUT2D eigenvalue weighted by Crippen LogP contribution is -2.36. The second-order valence-electron chi connectivity index (χ2n) is 6.69. The van der Waals surface area contributed by atoms with E-state index in [9.17, 15) is 9.18 Å². The van der Waals surface area contributed by atoms with Gasteiger partial charge in [-0.15, -0.1) is 0 Å². The van der Waals surface area contributed by atoms with E-state index in [1.165, 1.54) is 35.6 Å². The SMILES string of the molecule is Cc1cc(C)c2sc(N(CCN(C)C)C(=O)c3ccc(F)cc3)nc2c1. The number of aryl methyl sites for hydroxylation is 2. The molecule has 2 aromatic carbocycles. The number of amides is 1. The highest BCUT2D eigenvalue weighted by atomic mass is 32.1. The van der Waals surface area contributed by atoms with Gasteiger partial charge >= 0.3 is 0 Å². The molecule has 1 heterocycles. The van der Waals surface area contributed by atoms with E-state index in [0.717, 1.165) is 21.3 Å². The zero-order chi connectivity index (χ0) is 18.8. The summed E-state index contributed by atoms with van der Waals surface area (Å²) >= 11 is 1.52. The van der Waals surface area contributed by atoms with Crippen LogP contribution in [0.5, 0.6) is 0 Å². The predicted molar refractivity (Wildman–Crippen MR) is 106 cm³/mol. The van der Waals surface area contributed by atoms with Gasteiger partial charge in [-0.3, -0.25) is 9.69 Å². The first-order chi connectivity index (χ1) is 12.3. The summed E-state index contributed by atoms with van der Waals surface area (Å²) in [6, 6.07) is 9.81. The molecule has 1 aromatic heterocycles. The van der Waals surface area contributed by atoms with Crippen LogP contribution in [0.15, 0.2) is 36.4 Å². The molecule has 0 saturated carbocycles. The van der Waals surface area contributed by atoms with Crippen LogP contribution in [0.1, 0.15) is 21.5 Å². The summed E-state index contributed by atoms with van der Waals surface area (Å²) in [6.45, 7) is 5.32. The number of nitrogens with zero attached hydrogens (tertiary/aromatic N) is 3. The normalized spacial score (nSPS) is 11.3. The first kappa shape index (κ1) is 18.5. The van der Waals surface area contributed by atoms with Gasteiger partial charge in [0.05, 0.1) is 10.2 Å². The van der Waals surface area contributed by atoms with E-state index < -0.39 is 0 Å². The molecule has 26 heavy (non-hydrogen) atoms. The molecule has 136 valence electrons. The van der Waals surface area contributed by atoms with Crippen LogP contribution < -0.4 is 4.90 Å². The number of carbonyl (C=O) groups is 1. The summed E-state index contributed by atoms with van der Waals surface area (Å²) in [5, 5.41) is 0.671. The van der Waals surface area contributed by atoms with Gasteiger partial charge in [-0.1, -0.05) is 17.4 Å². The van der Waals surface area contributed by atoms with Gasteiger partial charge in [0.15, 0.2) is 5.13 Å². The molecule has 3 aromatic rings. The summed E-state index contributed by atoms with van der Waals surface area (Å²) in [4.78, 5) is 21.5. The topological polar surface area (TPSA) is 36.4 Å². The Labute approximate surface area is 156 Å². The number of benzene rings is 2. The molecule has 0 unspecified atom stereocenters. The predicted octanol–water partition coefficient (Wildman–Crippen LogP) is 4.26. The lowest BCUT2D eigenvalue weighted by Gasteiger charge is -2.22. The van der Waals surface area contributed by atoms with Gasteiger partial charge in [0.25, 0.3) is 5.91 Å². The monoisotopic (exact) mass is 371 g/mol. The van der Waals surface area contributed by atoms with Crippen LogP contribution in [0.2, 0.25) is 0 Å². The van der Waals surface area contributed by atoms with Crippen molar-refractivity contribution < 1.29 is 9.18 Å². The zero-order valence-electron chi connectivity index (χ0n) is 15.4. The highest BCUT2D eigenvalue weighted by molar-refractivity contribution is 7.22. The summed E-state index contributed by atoms with van der Waals surface area (Å²) in [7, 11) is 3.93. The number of aromatic nitrogens is 1. The smallest absolute Gasteiger partial charge is 0.260 e. The van der Waals surface area contributed by atoms with E-state index in [1.807, 2.05) is 32.0 Å². The maximum absolute atomic E-state index is 13.2. The molecule has 0 fully saturated rings. The summed E-state index contributed by atoms with van der Waals surface area (Å²) < 4.78 is 14.3. The standard InChI is InChI=1S/C20H22FN3OS/c1-13-11-14(2)18-17(12-13)22-20(26-18)24(10-9-23(3)4)19(25)15-5-7-16(21)8-6-15/h5-8,11-12H,9-10H2,1-4H3. The zero-order valence-corrected chi connectivity index (χ0v) is 16.2. The second-order valence-corrected chi connectivity index (χ2v) is 7.67. The van der Waals surface area contributed by atoms with Crippen LogP contribution >= 0.6 is 11.3 Å². The molecule has 6 heteroatoms. The van der Waals surface area contributed by atoms with Gasteiger partial charge in [-0.25, -0.2) is 9.37 Å². The van der Waals surface area contributed by atoms with E-state index >= 15 is 0 Å². The molecule has 0 aliphatic heterocycles. The molecule has 0 atom stereocenters. The van der Waals surface area contributed by atoms with Crippen molar-refractivity contribution in [3.8, 4) is 0 Å². The van der Waals surface area contributed by atoms with Crippen molar-refractivity contribution in [3.05, 3.63) is 58.9 Å². The fourth-order valence-electron chi connectivity index (χ4n) is 2.81. The van der Waals surface area contributed by atoms with Gasteiger partial charge in [0.2, 0.25) is 0 Å². The van der Waals surface area contributed by atoms with Crippen molar-refractivity contribution in [2.45, 2.75) is 13.8 Å². The molecular formula is C20H22FN3OS. The Morgan fingerprint density at radius 1 is 1.12 bits per heavy atom. The average Bonchev–Trinajstić information content (AvgIpc) is 2.99.